The summed E-state index contributed by atoms with van der Waals surface area (Å²) in [6, 6.07) is 52.0. The molecule has 0 amide bonds. The molecule has 448 valence electrons. The van der Waals surface area contributed by atoms with Crippen LogP contribution in [0.25, 0.3) is 78.1 Å². The number of aryl methyl sites for hydroxylation is 7. The van der Waals surface area contributed by atoms with Gasteiger partial charge < -0.3 is 0 Å². The minimum atomic E-state index is 0.919. The Bertz CT molecular complexity index is 3970. The first kappa shape index (κ1) is 65.1. The fraction of sp³-hybridized carbons (Fsp3) is 0.0909. The molecule has 0 N–H and O–H groups in total. The zero-order chi connectivity index (χ0) is 63.7. The molecule has 0 bridgehead atoms. The molecule has 0 radical (unpaired) electrons. The predicted octanol–water partition coefficient (Wildman–Crippen LogP) is 17.2. The van der Waals surface area contributed by atoms with Crippen molar-refractivity contribution in [2.75, 3.05) is 0 Å². The molecular weight excluding hydrogens is 1120 g/mol. The predicted molar refractivity (Wildman–Crippen MR) is 365 cm³/mol. The minimum absolute atomic E-state index is 0.919. The van der Waals surface area contributed by atoms with E-state index in [0.717, 1.165) is 73.0 Å². The van der Waals surface area contributed by atoms with Crippen molar-refractivity contribution in [2.24, 2.45) is 0 Å². The third-order valence-electron chi connectivity index (χ3n) is 13.4. The quantitative estimate of drug-likeness (QED) is 0.147. The average Bonchev–Trinajstić information content (AvgIpc) is 3.71. The molecule has 91 heavy (non-hydrogen) atoms. The highest BCUT2D eigenvalue weighted by Crippen LogP contribution is 2.24. The van der Waals surface area contributed by atoms with E-state index in [9.17, 15) is 0 Å². The molecule has 14 aromatic rings. The van der Waals surface area contributed by atoms with Crippen molar-refractivity contribution in [1.82, 2.24) is 69.8 Å². The van der Waals surface area contributed by atoms with Crippen molar-refractivity contribution in [2.45, 2.75) is 48.5 Å². The molecule has 0 unspecified atom stereocenters. The minimum Gasteiger partial charge on any atom is -0.265 e. The van der Waals surface area contributed by atoms with E-state index in [1.807, 2.05) is 249 Å². The van der Waals surface area contributed by atoms with Gasteiger partial charge in [0.25, 0.3) is 0 Å². The van der Waals surface area contributed by atoms with Crippen LogP contribution in [0.2, 0.25) is 0 Å². The molecule has 0 atom stereocenters. The van der Waals surface area contributed by atoms with E-state index in [4.69, 9.17) is 0 Å². The summed E-state index contributed by atoms with van der Waals surface area (Å²) in [7, 11) is 0. The number of hydrogen-bond acceptors (Lipinski definition) is 14. The lowest BCUT2D eigenvalue weighted by Crippen LogP contribution is -1.86. The zero-order valence-corrected chi connectivity index (χ0v) is 52.1. The fourth-order valence-electron chi connectivity index (χ4n) is 8.71. The lowest BCUT2D eigenvalue weighted by atomic mass is 10.0. The van der Waals surface area contributed by atoms with Crippen LogP contribution in [0.5, 0.6) is 0 Å². The first-order chi connectivity index (χ1) is 44.6. The summed E-state index contributed by atoms with van der Waals surface area (Å²) in [4.78, 5) is 57.6. The van der Waals surface area contributed by atoms with Gasteiger partial charge in [-0.3, -0.25) is 69.8 Å². The van der Waals surface area contributed by atoms with Gasteiger partial charge in [-0.15, -0.1) is 0 Å². The maximum atomic E-state index is 4.29. The summed E-state index contributed by atoms with van der Waals surface area (Å²) >= 11 is 0. The molecule has 0 aliphatic carbocycles. The molecule has 14 aromatic heterocycles. The van der Waals surface area contributed by atoms with Gasteiger partial charge in [-0.25, -0.2) is 0 Å². The van der Waals surface area contributed by atoms with Gasteiger partial charge in [0, 0.05) is 204 Å². The molecule has 0 aromatic carbocycles. The van der Waals surface area contributed by atoms with Crippen molar-refractivity contribution in [3.8, 4) is 78.1 Å². The van der Waals surface area contributed by atoms with Crippen molar-refractivity contribution in [3.63, 3.8) is 0 Å². The fourth-order valence-corrected chi connectivity index (χ4v) is 8.71. The van der Waals surface area contributed by atoms with Crippen LogP contribution in [-0.4, -0.2) is 69.8 Å². The smallest absolute Gasteiger partial charge is 0.0886 e. The number of aromatic nitrogens is 14. The molecule has 0 saturated carbocycles. The van der Waals surface area contributed by atoms with Gasteiger partial charge in [0.2, 0.25) is 0 Å². The first-order valence-electron chi connectivity index (χ1n) is 29.3. The normalized spacial score (nSPS) is 9.92. The molecular formula is C77H70N14. The second-order valence-electron chi connectivity index (χ2n) is 20.6. The van der Waals surface area contributed by atoms with Crippen LogP contribution in [0.3, 0.4) is 0 Å². The van der Waals surface area contributed by atoms with E-state index in [1.165, 1.54) is 44.5 Å². The van der Waals surface area contributed by atoms with E-state index >= 15 is 0 Å². The van der Waals surface area contributed by atoms with Crippen LogP contribution in [0, 0.1) is 48.5 Å². The number of pyridine rings is 14. The Balaban J connectivity index is 0.000000137. The third-order valence-corrected chi connectivity index (χ3v) is 13.4. The van der Waals surface area contributed by atoms with Crippen LogP contribution in [0.1, 0.15) is 39.3 Å². The van der Waals surface area contributed by atoms with Crippen LogP contribution in [-0.2, 0) is 0 Å². The van der Waals surface area contributed by atoms with Crippen molar-refractivity contribution in [3.05, 3.63) is 340 Å². The summed E-state index contributed by atoms with van der Waals surface area (Å²) in [6.45, 7) is 14.1. The SMILES string of the molecule is Cc1cc(-c2ccncc2)ccn1.Cc1ccc(-c2ccccn2)nc1.Cc1ccc(-c2cccnc2)cn1.Cc1cncc(-c2cccnc2)c1.Cc1cncc(-c2cccnc2)c1.Cc1cnccc1-c1ccncc1.Cc1ncccc1-c1cccnc1. The molecule has 0 saturated heterocycles. The van der Waals surface area contributed by atoms with Crippen molar-refractivity contribution in [1.29, 1.82) is 0 Å². The van der Waals surface area contributed by atoms with Gasteiger partial charge >= 0.3 is 0 Å². The molecule has 14 rings (SSSR count). The van der Waals surface area contributed by atoms with Crippen molar-refractivity contribution < 1.29 is 0 Å². The van der Waals surface area contributed by atoms with E-state index in [0.29, 0.717) is 0 Å². The Morgan fingerprint density at radius 1 is 0.209 bits per heavy atom. The molecule has 0 aliphatic heterocycles. The van der Waals surface area contributed by atoms with Crippen molar-refractivity contribution >= 4 is 0 Å². The van der Waals surface area contributed by atoms with Gasteiger partial charge in [-0.1, -0.05) is 48.5 Å². The second kappa shape index (κ2) is 35.7. The maximum absolute atomic E-state index is 4.29. The third kappa shape index (κ3) is 21.8. The highest BCUT2D eigenvalue weighted by Gasteiger charge is 2.04. The Morgan fingerprint density at radius 3 is 1.21 bits per heavy atom. The molecule has 0 spiro atoms. The number of nitrogens with zero attached hydrogens (tertiary/aromatic N) is 14. The van der Waals surface area contributed by atoms with E-state index in [1.54, 1.807) is 62.0 Å². The summed E-state index contributed by atoms with van der Waals surface area (Å²) in [6.07, 6.45) is 41.9. The van der Waals surface area contributed by atoms with Crippen LogP contribution in [0.15, 0.2) is 300 Å². The molecule has 14 heterocycles. The van der Waals surface area contributed by atoms with Gasteiger partial charge in [-0.2, -0.15) is 0 Å². The monoisotopic (exact) mass is 1190 g/mol. The lowest BCUT2D eigenvalue weighted by Gasteiger charge is -2.03. The number of rotatable bonds is 7. The molecule has 14 heteroatoms. The second-order valence-corrected chi connectivity index (χ2v) is 20.6. The molecule has 0 aliphatic rings. The Kier molecular flexibility index (Phi) is 25.5. The van der Waals surface area contributed by atoms with E-state index in [-0.39, 0.29) is 0 Å². The topological polar surface area (TPSA) is 180 Å². The summed E-state index contributed by atoms with van der Waals surface area (Å²) in [5, 5.41) is 0. The van der Waals surface area contributed by atoms with Crippen LogP contribution in [0.4, 0.5) is 0 Å². The Labute approximate surface area is 533 Å². The first-order valence-corrected chi connectivity index (χ1v) is 29.3. The van der Waals surface area contributed by atoms with E-state index in [2.05, 4.69) is 107 Å². The van der Waals surface area contributed by atoms with Gasteiger partial charge in [0.1, 0.15) is 0 Å². The summed E-state index contributed by atoms with van der Waals surface area (Å²) < 4.78 is 0. The largest absolute Gasteiger partial charge is 0.265 e. The standard InChI is InChI=1S/7C11H10N2/c1-9-8-13-7-4-11(9)10-2-5-12-6-3-10;1-9-8-11(4-7-13-9)10-2-5-12-6-3-10;1-9-11(5-3-7-13-9)10-4-2-6-12-8-10;1-9-4-5-11(8-13-9)10-3-2-6-12-7-10;2*1-9-5-11(8-13-6-9)10-3-2-4-12-7-10;1-9-5-6-11(13-8-9)10-4-2-3-7-12-10/h7*2-8H,1H3. The molecule has 0 fully saturated rings. The Morgan fingerprint density at radius 2 is 0.714 bits per heavy atom. The van der Waals surface area contributed by atoms with E-state index < -0.39 is 0 Å². The van der Waals surface area contributed by atoms with Gasteiger partial charge in [-0.05, 0) is 202 Å². The van der Waals surface area contributed by atoms with Gasteiger partial charge in [0.05, 0.1) is 11.4 Å². The summed E-state index contributed by atoms with van der Waals surface area (Å²) in [5.74, 6) is 0. The molecule has 14 nitrogen and oxygen atoms in total. The van der Waals surface area contributed by atoms with Gasteiger partial charge in [0.15, 0.2) is 0 Å². The van der Waals surface area contributed by atoms with Crippen LogP contribution < -0.4 is 0 Å². The average molecular weight is 1190 g/mol. The number of hydrogen-bond donors (Lipinski definition) is 0. The zero-order valence-electron chi connectivity index (χ0n) is 52.1. The lowest BCUT2D eigenvalue weighted by molar-refractivity contribution is 1.20. The highest BCUT2D eigenvalue weighted by atomic mass is 14.8. The Hall–Kier alpha value is -11.9. The van der Waals surface area contributed by atoms with Crippen LogP contribution >= 0.6 is 0 Å². The summed E-state index contributed by atoms with van der Waals surface area (Å²) in [5.41, 5.74) is 23.4. The maximum Gasteiger partial charge on any atom is 0.0886 e. The highest BCUT2D eigenvalue weighted by molar-refractivity contribution is 5.67.